The van der Waals surface area contributed by atoms with Crippen LogP contribution >= 0.6 is 0 Å². The molecule has 17 heavy (non-hydrogen) atoms. The van der Waals surface area contributed by atoms with Gasteiger partial charge in [0.1, 0.15) is 0 Å². The third-order valence-electron chi connectivity index (χ3n) is 4.51. The molecule has 2 atom stereocenters. The molecule has 3 nitrogen and oxygen atoms in total. The summed E-state index contributed by atoms with van der Waals surface area (Å²) in [6.45, 7) is 6.70. The molecule has 100 valence electrons. The highest BCUT2D eigenvalue weighted by atomic mass is 16.5. The summed E-state index contributed by atoms with van der Waals surface area (Å²) in [7, 11) is 2.09. The Kier molecular flexibility index (Phi) is 5.26. The maximum Gasteiger partial charge on any atom is 0.0637 e. The quantitative estimate of drug-likeness (QED) is 0.812. The van der Waals surface area contributed by atoms with Crippen LogP contribution in [-0.2, 0) is 4.74 Å². The third-order valence-corrected chi connectivity index (χ3v) is 4.51. The van der Waals surface area contributed by atoms with Gasteiger partial charge in [-0.25, -0.2) is 0 Å². The zero-order valence-corrected chi connectivity index (χ0v) is 11.5. The van der Waals surface area contributed by atoms with Gasteiger partial charge in [0.2, 0.25) is 0 Å². The van der Waals surface area contributed by atoms with Crippen molar-refractivity contribution in [1.29, 1.82) is 0 Å². The van der Waals surface area contributed by atoms with Gasteiger partial charge in [-0.05, 0) is 45.3 Å². The second-order valence-electron chi connectivity index (χ2n) is 5.59. The molecular formula is C14H28N2O. The number of likely N-dealkylation sites (N-methyl/N-ethyl adjacent to an activating group) is 1. The van der Waals surface area contributed by atoms with Gasteiger partial charge < -0.3 is 10.1 Å². The topological polar surface area (TPSA) is 24.5 Å². The number of piperidine rings is 1. The highest BCUT2D eigenvalue weighted by Gasteiger charge is 2.31. The maximum absolute atomic E-state index is 5.66. The first-order chi connectivity index (χ1) is 8.35. The molecule has 2 saturated heterocycles. The summed E-state index contributed by atoms with van der Waals surface area (Å²) in [6, 6.07) is 1.24. The number of likely N-dealkylation sites (tertiary alicyclic amines) is 1. The van der Waals surface area contributed by atoms with E-state index in [1.54, 1.807) is 0 Å². The van der Waals surface area contributed by atoms with Gasteiger partial charge in [0, 0.05) is 18.7 Å². The lowest BCUT2D eigenvalue weighted by atomic mass is 9.90. The van der Waals surface area contributed by atoms with Crippen LogP contribution in [0.4, 0.5) is 0 Å². The smallest absolute Gasteiger partial charge is 0.0637 e. The second kappa shape index (κ2) is 6.72. The molecule has 0 bridgehead atoms. The Balaban J connectivity index is 1.82. The summed E-state index contributed by atoms with van der Waals surface area (Å²) >= 11 is 0. The molecule has 2 aliphatic heterocycles. The van der Waals surface area contributed by atoms with E-state index < -0.39 is 0 Å². The van der Waals surface area contributed by atoms with Crippen molar-refractivity contribution in [2.75, 3.05) is 33.4 Å². The zero-order chi connectivity index (χ0) is 12.1. The molecule has 0 spiro atoms. The molecular weight excluding hydrogens is 212 g/mol. The number of ether oxygens (including phenoxy) is 1. The minimum absolute atomic E-state index is 0.608. The molecule has 2 heterocycles. The maximum atomic E-state index is 5.66. The van der Waals surface area contributed by atoms with Crippen LogP contribution < -0.4 is 5.32 Å². The normalized spacial score (nSPS) is 32.8. The van der Waals surface area contributed by atoms with Crippen LogP contribution in [0.25, 0.3) is 0 Å². The Hall–Kier alpha value is -0.120. The van der Waals surface area contributed by atoms with Crippen LogP contribution in [0.5, 0.6) is 0 Å². The van der Waals surface area contributed by atoms with Crippen LogP contribution in [0, 0.1) is 5.92 Å². The van der Waals surface area contributed by atoms with Crippen molar-refractivity contribution in [2.24, 2.45) is 5.92 Å². The number of nitrogens with one attached hydrogen (secondary N) is 1. The van der Waals surface area contributed by atoms with E-state index in [2.05, 4.69) is 24.2 Å². The van der Waals surface area contributed by atoms with Crippen LogP contribution in [0.15, 0.2) is 0 Å². The molecule has 2 aliphatic rings. The van der Waals surface area contributed by atoms with Gasteiger partial charge in [0.15, 0.2) is 0 Å². The Bertz CT molecular complexity index is 214. The summed E-state index contributed by atoms with van der Waals surface area (Å²) in [5.74, 6) is 0.980. The fraction of sp³-hybridized carbons (Fsp3) is 1.00. The molecule has 1 N–H and O–H groups in total. The zero-order valence-electron chi connectivity index (χ0n) is 11.5. The van der Waals surface area contributed by atoms with Crippen molar-refractivity contribution in [3.05, 3.63) is 0 Å². The van der Waals surface area contributed by atoms with Crippen LogP contribution in [0.2, 0.25) is 0 Å². The van der Waals surface area contributed by atoms with Crippen molar-refractivity contribution < 1.29 is 4.74 Å². The van der Waals surface area contributed by atoms with Crippen molar-refractivity contribution in [3.63, 3.8) is 0 Å². The lowest BCUT2D eigenvalue weighted by Gasteiger charge is -2.43. The van der Waals surface area contributed by atoms with E-state index in [0.717, 1.165) is 25.6 Å². The van der Waals surface area contributed by atoms with Crippen molar-refractivity contribution in [3.8, 4) is 0 Å². The summed E-state index contributed by atoms with van der Waals surface area (Å²) in [6.07, 6.45) is 6.71. The van der Waals surface area contributed by atoms with Crippen LogP contribution in [0.1, 0.15) is 39.0 Å². The predicted octanol–water partition coefficient (Wildman–Crippen LogP) is 1.88. The molecule has 0 aromatic carbocycles. The van der Waals surface area contributed by atoms with Crippen molar-refractivity contribution in [1.82, 2.24) is 10.2 Å². The van der Waals surface area contributed by atoms with Gasteiger partial charge in [0.25, 0.3) is 0 Å². The minimum Gasteiger partial charge on any atom is -0.380 e. The molecule has 3 heteroatoms. The van der Waals surface area contributed by atoms with E-state index in [-0.39, 0.29) is 0 Å². The van der Waals surface area contributed by atoms with E-state index in [4.69, 9.17) is 4.74 Å². The van der Waals surface area contributed by atoms with Crippen LogP contribution in [0.3, 0.4) is 0 Å². The number of nitrogens with zero attached hydrogens (tertiary/aromatic N) is 1. The molecule has 0 saturated carbocycles. The van der Waals surface area contributed by atoms with E-state index >= 15 is 0 Å². The predicted molar refractivity (Wildman–Crippen MR) is 71.3 cm³/mol. The van der Waals surface area contributed by atoms with Gasteiger partial charge in [-0.15, -0.1) is 0 Å². The first-order valence-corrected chi connectivity index (χ1v) is 7.34. The van der Waals surface area contributed by atoms with Crippen LogP contribution in [-0.4, -0.2) is 50.3 Å². The molecule has 2 fully saturated rings. The highest BCUT2D eigenvalue weighted by molar-refractivity contribution is 4.88. The fourth-order valence-corrected chi connectivity index (χ4v) is 3.40. The SMILES string of the molecule is CCCC1CCN(C2COCCC2NC)CC1. The van der Waals surface area contributed by atoms with Gasteiger partial charge in [0.05, 0.1) is 6.61 Å². The molecule has 2 unspecified atom stereocenters. The largest absolute Gasteiger partial charge is 0.380 e. The van der Waals surface area contributed by atoms with E-state index in [1.807, 2.05) is 0 Å². The number of hydrogen-bond acceptors (Lipinski definition) is 3. The molecule has 0 radical (unpaired) electrons. The second-order valence-corrected chi connectivity index (χ2v) is 5.59. The lowest BCUT2D eigenvalue weighted by molar-refractivity contribution is -0.0136. The summed E-state index contributed by atoms with van der Waals surface area (Å²) < 4.78 is 5.66. The Morgan fingerprint density at radius 1 is 1.24 bits per heavy atom. The van der Waals surface area contributed by atoms with Gasteiger partial charge in [-0.2, -0.15) is 0 Å². The fourth-order valence-electron chi connectivity index (χ4n) is 3.40. The minimum atomic E-state index is 0.608. The molecule has 0 amide bonds. The van der Waals surface area contributed by atoms with Crippen molar-refractivity contribution >= 4 is 0 Å². The molecule has 0 aliphatic carbocycles. The number of rotatable bonds is 4. The first-order valence-electron chi connectivity index (χ1n) is 7.34. The highest BCUT2D eigenvalue weighted by Crippen LogP contribution is 2.25. The Morgan fingerprint density at radius 3 is 2.65 bits per heavy atom. The molecule has 2 rings (SSSR count). The average Bonchev–Trinajstić information content (AvgIpc) is 2.40. The Morgan fingerprint density at radius 2 is 2.00 bits per heavy atom. The van der Waals surface area contributed by atoms with Crippen molar-refractivity contribution in [2.45, 2.75) is 51.1 Å². The van der Waals surface area contributed by atoms with Gasteiger partial charge in [-0.1, -0.05) is 19.8 Å². The van der Waals surface area contributed by atoms with E-state index in [0.29, 0.717) is 12.1 Å². The molecule has 0 aromatic rings. The van der Waals surface area contributed by atoms with E-state index in [9.17, 15) is 0 Å². The monoisotopic (exact) mass is 240 g/mol. The average molecular weight is 240 g/mol. The van der Waals surface area contributed by atoms with E-state index in [1.165, 1.54) is 38.8 Å². The van der Waals surface area contributed by atoms with Gasteiger partial charge >= 0.3 is 0 Å². The van der Waals surface area contributed by atoms with Gasteiger partial charge in [-0.3, -0.25) is 4.90 Å². The Labute approximate surface area is 106 Å². The lowest BCUT2D eigenvalue weighted by Crippen LogP contribution is -2.56. The summed E-state index contributed by atoms with van der Waals surface area (Å²) in [5.41, 5.74) is 0. The standard InChI is InChI=1S/C14H28N2O/c1-3-4-12-5-8-16(9-6-12)14-11-17-10-7-13(14)15-2/h12-15H,3-11H2,1-2H3. The summed E-state index contributed by atoms with van der Waals surface area (Å²) in [4.78, 5) is 2.66. The molecule has 0 aromatic heterocycles. The summed E-state index contributed by atoms with van der Waals surface area (Å²) in [5, 5.41) is 3.47. The first kappa shape index (κ1) is 13.3. The third kappa shape index (κ3) is 3.43. The number of hydrogen-bond donors (Lipinski definition) is 1.